The Labute approximate surface area is 121 Å². The van der Waals surface area contributed by atoms with Crippen LogP contribution >= 0.6 is 40.1 Å². The first-order valence-corrected chi connectivity index (χ1v) is 6.82. The quantitative estimate of drug-likeness (QED) is 0.745. The van der Waals surface area contributed by atoms with Crippen LogP contribution in [-0.2, 0) is 5.75 Å². The number of thioether (sulfide) groups is 1. The van der Waals surface area contributed by atoms with Gasteiger partial charge in [0.15, 0.2) is 0 Å². The van der Waals surface area contributed by atoms with Gasteiger partial charge >= 0.3 is 0 Å². The van der Waals surface area contributed by atoms with Gasteiger partial charge in [-0.15, -0.1) is 24.2 Å². The molecular formula is C13H13BrClNS. The van der Waals surface area contributed by atoms with Crippen LogP contribution in [0.15, 0.2) is 52.0 Å². The van der Waals surface area contributed by atoms with Crippen LogP contribution in [0.3, 0.4) is 0 Å². The van der Waals surface area contributed by atoms with Gasteiger partial charge in [0.1, 0.15) is 0 Å². The van der Waals surface area contributed by atoms with E-state index in [1.54, 1.807) is 0 Å². The molecule has 1 aromatic heterocycles. The maximum absolute atomic E-state index is 4.38. The number of aromatic nitrogens is 1. The zero-order valence-corrected chi connectivity index (χ0v) is 12.6. The van der Waals surface area contributed by atoms with E-state index in [1.165, 1.54) is 10.5 Å². The Bertz CT molecular complexity index is 473. The summed E-state index contributed by atoms with van der Waals surface area (Å²) in [6.45, 7) is 2.10. The van der Waals surface area contributed by atoms with Gasteiger partial charge < -0.3 is 0 Å². The van der Waals surface area contributed by atoms with E-state index < -0.39 is 0 Å². The fraction of sp³-hybridized carbons (Fsp3) is 0.154. The summed E-state index contributed by atoms with van der Waals surface area (Å²) in [5.74, 6) is 0.925. The lowest BCUT2D eigenvalue weighted by molar-refractivity contribution is 1.13. The summed E-state index contributed by atoms with van der Waals surface area (Å²) in [6, 6.07) is 12.4. The summed E-state index contributed by atoms with van der Waals surface area (Å²) in [6.07, 6.45) is 1.85. The second-order valence-corrected chi connectivity index (χ2v) is 5.47. The van der Waals surface area contributed by atoms with E-state index in [0.717, 1.165) is 15.9 Å². The van der Waals surface area contributed by atoms with Crippen LogP contribution in [0.1, 0.15) is 11.3 Å². The van der Waals surface area contributed by atoms with Gasteiger partial charge in [0.05, 0.1) is 5.69 Å². The topological polar surface area (TPSA) is 12.9 Å². The van der Waals surface area contributed by atoms with Gasteiger partial charge in [0.25, 0.3) is 0 Å². The molecule has 17 heavy (non-hydrogen) atoms. The molecule has 1 heterocycles. The average Bonchev–Trinajstić information content (AvgIpc) is 2.30. The fourth-order valence-corrected chi connectivity index (χ4v) is 2.55. The van der Waals surface area contributed by atoms with E-state index in [1.807, 2.05) is 24.0 Å². The Morgan fingerprint density at radius 3 is 2.53 bits per heavy atom. The summed E-state index contributed by atoms with van der Waals surface area (Å²) in [5.41, 5.74) is 2.42. The molecule has 0 saturated heterocycles. The third kappa shape index (κ3) is 4.34. The molecule has 0 fully saturated rings. The van der Waals surface area contributed by atoms with Crippen LogP contribution < -0.4 is 0 Å². The highest BCUT2D eigenvalue weighted by molar-refractivity contribution is 9.10. The summed E-state index contributed by atoms with van der Waals surface area (Å²) in [4.78, 5) is 5.65. The molecule has 1 aromatic carbocycles. The molecule has 0 atom stereocenters. The van der Waals surface area contributed by atoms with Crippen molar-refractivity contribution in [2.45, 2.75) is 17.6 Å². The van der Waals surface area contributed by atoms with Crippen LogP contribution in [-0.4, -0.2) is 4.98 Å². The summed E-state index contributed by atoms with van der Waals surface area (Å²) < 4.78 is 1.12. The maximum Gasteiger partial charge on any atom is 0.0535 e. The first-order chi connectivity index (χ1) is 7.75. The highest BCUT2D eigenvalue weighted by Gasteiger charge is 2.00. The molecule has 0 unspecified atom stereocenters. The van der Waals surface area contributed by atoms with Gasteiger partial charge in [-0.05, 0) is 42.8 Å². The standard InChI is InChI=1S/C13H12BrNS.ClH/c1-10-3-2-8-15-13(10)9-16-12-6-4-11(14)5-7-12;/h2-8H,9H2,1H3;1H. The van der Waals surface area contributed by atoms with Gasteiger partial charge in [-0.2, -0.15) is 0 Å². The Morgan fingerprint density at radius 1 is 1.18 bits per heavy atom. The Hall–Kier alpha value is -0.510. The number of hydrogen-bond donors (Lipinski definition) is 0. The molecule has 0 bridgehead atoms. The van der Waals surface area contributed by atoms with Gasteiger partial charge in [-0.25, -0.2) is 0 Å². The van der Waals surface area contributed by atoms with Crippen molar-refractivity contribution in [1.29, 1.82) is 0 Å². The molecule has 0 radical (unpaired) electrons. The van der Waals surface area contributed by atoms with E-state index in [4.69, 9.17) is 0 Å². The minimum atomic E-state index is 0. The third-order valence-electron chi connectivity index (χ3n) is 2.31. The van der Waals surface area contributed by atoms with Gasteiger partial charge in [-0.3, -0.25) is 4.98 Å². The van der Waals surface area contributed by atoms with Crippen LogP contribution in [0.5, 0.6) is 0 Å². The van der Waals surface area contributed by atoms with Crippen LogP contribution in [0.25, 0.3) is 0 Å². The normalized spacial score (nSPS) is 9.76. The van der Waals surface area contributed by atoms with Crippen molar-refractivity contribution in [3.63, 3.8) is 0 Å². The first-order valence-electron chi connectivity index (χ1n) is 5.04. The van der Waals surface area contributed by atoms with Crippen molar-refractivity contribution in [2.24, 2.45) is 0 Å². The van der Waals surface area contributed by atoms with Gasteiger partial charge in [0.2, 0.25) is 0 Å². The second-order valence-electron chi connectivity index (χ2n) is 3.51. The van der Waals surface area contributed by atoms with E-state index in [0.29, 0.717) is 0 Å². The molecule has 2 rings (SSSR count). The molecule has 4 heteroatoms. The Balaban J connectivity index is 0.00000144. The Morgan fingerprint density at radius 2 is 1.88 bits per heavy atom. The van der Waals surface area contributed by atoms with Crippen molar-refractivity contribution in [1.82, 2.24) is 4.98 Å². The van der Waals surface area contributed by atoms with Gasteiger partial charge in [0, 0.05) is 21.3 Å². The molecule has 0 aliphatic heterocycles. The van der Waals surface area contributed by atoms with Gasteiger partial charge in [-0.1, -0.05) is 22.0 Å². The minimum absolute atomic E-state index is 0. The number of nitrogens with zero attached hydrogens (tertiary/aromatic N) is 1. The smallest absolute Gasteiger partial charge is 0.0535 e. The molecule has 1 nitrogen and oxygen atoms in total. The third-order valence-corrected chi connectivity index (χ3v) is 3.86. The maximum atomic E-state index is 4.38. The average molecular weight is 331 g/mol. The lowest BCUT2D eigenvalue weighted by Crippen LogP contribution is -1.89. The second kappa shape index (κ2) is 7.04. The van der Waals surface area contributed by atoms with Crippen molar-refractivity contribution < 1.29 is 0 Å². The zero-order valence-electron chi connectivity index (χ0n) is 9.39. The highest BCUT2D eigenvalue weighted by Crippen LogP contribution is 2.24. The summed E-state index contributed by atoms with van der Waals surface area (Å²) >= 11 is 5.24. The number of halogens is 2. The molecule has 0 aliphatic carbocycles. The van der Waals surface area contributed by atoms with E-state index in [-0.39, 0.29) is 12.4 Å². The highest BCUT2D eigenvalue weighted by atomic mass is 79.9. The number of pyridine rings is 1. The van der Waals surface area contributed by atoms with Crippen LogP contribution in [0.2, 0.25) is 0 Å². The summed E-state index contributed by atoms with van der Waals surface area (Å²) in [7, 11) is 0. The molecule has 90 valence electrons. The molecule has 2 aromatic rings. The van der Waals surface area contributed by atoms with Crippen LogP contribution in [0.4, 0.5) is 0 Å². The van der Waals surface area contributed by atoms with Crippen molar-refractivity contribution in [3.05, 3.63) is 58.3 Å². The number of aryl methyl sites for hydroxylation is 1. The molecule has 0 amide bonds. The lowest BCUT2D eigenvalue weighted by Gasteiger charge is -2.04. The number of rotatable bonds is 3. The largest absolute Gasteiger partial charge is 0.260 e. The van der Waals surface area contributed by atoms with Crippen molar-refractivity contribution in [3.8, 4) is 0 Å². The van der Waals surface area contributed by atoms with E-state index in [9.17, 15) is 0 Å². The minimum Gasteiger partial charge on any atom is -0.260 e. The van der Waals surface area contributed by atoms with Crippen molar-refractivity contribution in [2.75, 3.05) is 0 Å². The number of benzene rings is 1. The Kier molecular flexibility index (Phi) is 6.03. The SMILES string of the molecule is Cc1cccnc1CSc1ccc(Br)cc1.Cl. The molecule has 0 N–H and O–H groups in total. The fourth-order valence-electron chi connectivity index (χ4n) is 1.35. The zero-order chi connectivity index (χ0) is 11.4. The first kappa shape index (κ1) is 14.6. The predicted molar refractivity (Wildman–Crippen MR) is 79.9 cm³/mol. The summed E-state index contributed by atoms with van der Waals surface area (Å²) in [5, 5.41) is 0. The predicted octanol–water partition coefficient (Wildman–Crippen LogP) is 4.87. The van der Waals surface area contributed by atoms with E-state index >= 15 is 0 Å². The van der Waals surface area contributed by atoms with E-state index in [2.05, 4.69) is 58.2 Å². The lowest BCUT2D eigenvalue weighted by atomic mass is 10.2. The number of hydrogen-bond acceptors (Lipinski definition) is 2. The molecule has 0 spiro atoms. The molecule has 0 aliphatic rings. The molecular weight excluding hydrogens is 318 g/mol. The molecule has 0 saturated carbocycles. The van der Waals surface area contributed by atoms with Crippen molar-refractivity contribution >= 4 is 40.1 Å². The van der Waals surface area contributed by atoms with Crippen LogP contribution in [0, 0.1) is 6.92 Å². The monoisotopic (exact) mass is 329 g/mol.